The molecule has 1 aliphatic rings. The molecule has 1 aliphatic carbocycles. The first-order valence-electron chi connectivity index (χ1n) is 9.21. The van der Waals surface area contributed by atoms with Gasteiger partial charge in [-0.05, 0) is 36.8 Å². The lowest BCUT2D eigenvalue weighted by molar-refractivity contribution is -0.123. The van der Waals surface area contributed by atoms with Crippen LogP contribution >= 0.6 is 0 Å². The van der Waals surface area contributed by atoms with E-state index >= 15 is 0 Å². The zero-order valence-electron chi connectivity index (χ0n) is 15.4. The summed E-state index contributed by atoms with van der Waals surface area (Å²) in [5.74, 6) is 0.339. The van der Waals surface area contributed by atoms with Gasteiger partial charge in [0.15, 0.2) is 0 Å². The molecule has 0 saturated heterocycles. The lowest BCUT2D eigenvalue weighted by Gasteiger charge is -2.22. The molecule has 136 valence electrons. The van der Waals surface area contributed by atoms with Crippen molar-refractivity contribution >= 4 is 11.8 Å². The molecule has 2 atom stereocenters. The quantitative estimate of drug-likeness (QED) is 0.797. The van der Waals surface area contributed by atoms with E-state index < -0.39 is 0 Å². The smallest absolute Gasteiger partial charge is 0.222 e. The van der Waals surface area contributed by atoms with Gasteiger partial charge in [0.05, 0.1) is 18.5 Å². The topological polar surface area (TPSA) is 58.2 Å². The molecule has 2 N–H and O–H groups in total. The van der Waals surface area contributed by atoms with Gasteiger partial charge in [0.25, 0.3) is 0 Å². The van der Waals surface area contributed by atoms with Crippen LogP contribution < -0.4 is 10.6 Å². The fourth-order valence-corrected chi connectivity index (χ4v) is 3.28. The molecule has 4 heteroatoms. The van der Waals surface area contributed by atoms with Crippen LogP contribution in [0.25, 0.3) is 0 Å². The summed E-state index contributed by atoms with van der Waals surface area (Å²) >= 11 is 0. The summed E-state index contributed by atoms with van der Waals surface area (Å²) in [6.45, 7) is 3.54. The predicted molar refractivity (Wildman–Crippen MR) is 102 cm³/mol. The van der Waals surface area contributed by atoms with E-state index in [-0.39, 0.29) is 30.3 Å². The molecule has 1 saturated carbocycles. The van der Waals surface area contributed by atoms with Crippen molar-refractivity contribution in [1.29, 1.82) is 0 Å². The lowest BCUT2D eigenvalue weighted by Crippen LogP contribution is -2.35. The highest BCUT2D eigenvalue weighted by molar-refractivity contribution is 5.79. The summed E-state index contributed by atoms with van der Waals surface area (Å²) < 4.78 is 0. The van der Waals surface area contributed by atoms with Crippen LogP contribution in [0.1, 0.15) is 55.0 Å². The monoisotopic (exact) mass is 350 g/mol. The van der Waals surface area contributed by atoms with E-state index in [1.165, 1.54) is 12.5 Å². The Balaban J connectivity index is 1.70. The standard InChI is InChI=1S/C22H26N2O2/c1-15-8-10-18(11-9-15)22(19-12-13-19)24-21(26)14-20(23-16(2)25)17-6-4-3-5-7-17/h3-11,19-20,22H,12-14H2,1-2H3,(H,23,25)(H,24,26). The molecule has 2 aromatic carbocycles. The average molecular weight is 350 g/mol. The molecule has 0 bridgehead atoms. The van der Waals surface area contributed by atoms with Crippen molar-refractivity contribution in [2.24, 2.45) is 5.92 Å². The van der Waals surface area contributed by atoms with Gasteiger partial charge in [0.1, 0.15) is 0 Å². The summed E-state index contributed by atoms with van der Waals surface area (Å²) in [4.78, 5) is 24.3. The first-order valence-corrected chi connectivity index (χ1v) is 9.21. The van der Waals surface area contributed by atoms with Crippen molar-refractivity contribution < 1.29 is 9.59 Å². The SMILES string of the molecule is CC(=O)NC(CC(=O)NC(c1ccc(C)cc1)C1CC1)c1ccccc1. The number of aryl methyl sites for hydroxylation is 1. The lowest BCUT2D eigenvalue weighted by atomic mass is 9.99. The Labute approximate surface area is 155 Å². The molecule has 3 rings (SSSR count). The van der Waals surface area contributed by atoms with Crippen molar-refractivity contribution in [3.05, 3.63) is 71.3 Å². The Morgan fingerprint density at radius 2 is 1.62 bits per heavy atom. The van der Waals surface area contributed by atoms with E-state index in [1.54, 1.807) is 0 Å². The second kappa shape index (κ2) is 8.17. The molecule has 0 aliphatic heterocycles. The van der Waals surface area contributed by atoms with Crippen LogP contribution in [0.5, 0.6) is 0 Å². The number of amides is 2. The van der Waals surface area contributed by atoms with Crippen LogP contribution in [0.4, 0.5) is 0 Å². The van der Waals surface area contributed by atoms with Crippen molar-refractivity contribution in [2.75, 3.05) is 0 Å². The van der Waals surface area contributed by atoms with Crippen LogP contribution in [0, 0.1) is 12.8 Å². The number of carbonyl (C=O) groups is 2. The Morgan fingerprint density at radius 3 is 2.19 bits per heavy atom. The summed E-state index contributed by atoms with van der Waals surface area (Å²) in [6.07, 6.45) is 2.53. The van der Waals surface area contributed by atoms with Crippen LogP contribution in [-0.4, -0.2) is 11.8 Å². The Morgan fingerprint density at radius 1 is 0.962 bits per heavy atom. The van der Waals surface area contributed by atoms with E-state index in [0.29, 0.717) is 5.92 Å². The maximum atomic E-state index is 12.7. The maximum Gasteiger partial charge on any atom is 0.222 e. The zero-order chi connectivity index (χ0) is 18.5. The number of hydrogen-bond acceptors (Lipinski definition) is 2. The highest BCUT2D eigenvalue weighted by atomic mass is 16.2. The summed E-state index contributed by atoms with van der Waals surface area (Å²) in [5.41, 5.74) is 3.31. The summed E-state index contributed by atoms with van der Waals surface area (Å²) in [5, 5.41) is 6.09. The molecule has 1 fully saturated rings. The van der Waals surface area contributed by atoms with E-state index in [9.17, 15) is 9.59 Å². The molecule has 2 aromatic rings. The summed E-state index contributed by atoms with van der Waals surface area (Å²) in [7, 11) is 0. The van der Waals surface area contributed by atoms with Gasteiger partial charge in [-0.15, -0.1) is 0 Å². The first kappa shape index (κ1) is 18.2. The third-order valence-electron chi connectivity index (χ3n) is 4.82. The van der Waals surface area contributed by atoms with Gasteiger partial charge in [0, 0.05) is 6.92 Å². The van der Waals surface area contributed by atoms with Crippen LogP contribution in [0.15, 0.2) is 54.6 Å². The van der Waals surface area contributed by atoms with E-state index in [0.717, 1.165) is 24.0 Å². The molecule has 0 spiro atoms. The molecule has 0 heterocycles. The van der Waals surface area contributed by atoms with E-state index in [2.05, 4.69) is 41.8 Å². The molecular formula is C22H26N2O2. The number of carbonyl (C=O) groups excluding carboxylic acids is 2. The Bertz CT molecular complexity index is 751. The molecule has 2 amide bonds. The van der Waals surface area contributed by atoms with E-state index in [1.807, 2.05) is 30.3 Å². The normalized spacial score (nSPS) is 15.8. The number of hydrogen-bond donors (Lipinski definition) is 2. The second-order valence-corrected chi connectivity index (χ2v) is 7.16. The number of nitrogens with one attached hydrogen (secondary N) is 2. The molecular weight excluding hydrogens is 324 g/mol. The van der Waals surface area contributed by atoms with Crippen molar-refractivity contribution in [1.82, 2.24) is 10.6 Å². The molecule has 2 unspecified atom stereocenters. The van der Waals surface area contributed by atoms with Crippen molar-refractivity contribution in [3.8, 4) is 0 Å². The predicted octanol–water partition coefficient (Wildman–Crippen LogP) is 3.83. The fraction of sp³-hybridized carbons (Fsp3) is 0.364. The van der Waals surface area contributed by atoms with Crippen molar-refractivity contribution in [3.63, 3.8) is 0 Å². The minimum atomic E-state index is -0.313. The molecule has 0 aromatic heterocycles. The largest absolute Gasteiger partial charge is 0.349 e. The summed E-state index contributed by atoms with van der Waals surface area (Å²) in [6, 6.07) is 17.7. The minimum Gasteiger partial charge on any atom is -0.349 e. The van der Waals surface area contributed by atoms with Crippen LogP contribution in [0.2, 0.25) is 0 Å². The van der Waals surface area contributed by atoms with Crippen molar-refractivity contribution in [2.45, 2.75) is 45.2 Å². The van der Waals surface area contributed by atoms with Gasteiger partial charge in [-0.3, -0.25) is 9.59 Å². The number of benzene rings is 2. The second-order valence-electron chi connectivity index (χ2n) is 7.16. The van der Waals surface area contributed by atoms with Gasteiger partial charge in [-0.1, -0.05) is 60.2 Å². The van der Waals surface area contributed by atoms with Crippen LogP contribution in [0.3, 0.4) is 0 Å². The van der Waals surface area contributed by atoms with E-state index in [4.69, 9.17) is 0 Å². The van der Waals surface area contributed by atoms with Gasteiger partial charge < -0.3 is 10.6 Å². The highest BCUT2D eigenvalue weighted by Crippen LogP contribution is 2.41. The average Bonchev–Trinajstić information content (AvgIpc) is 3.45. The van der Waals surface area contributed by atoms with Gasteiger partial charge >= 0.3 is 0 Å². The maximum absolute atomic E-state index is 12.7. The minimum absolute atomic E-state index is 0.0370. The Kier molecular flexibility index (Phi) is 5.71. The van der Waals surface area contributed by atoms with Gasteiger partial charge in [-0.2, -0.15) is 0 Å². The number of rotatable bonds is 7. The zero-order valence-corrected chi connectivity index (χ0v) is 15.4. The first-order chi connectivity index (χ1) is 12.5. The highest BCUT2D eigenvalue weighted by Gasteiger charge is 2.33. The fourth-order valence-electron chi connectivity index (χ4n) is 3.28. The van der Waals surface area contributed by atoms with Gasteiger partial charge in [0.2, 0.25) is 11.8 Å². The third-order valence-corrected chi connectivity index (χ3v) is 4.82. The van der Waals surface area contributed by atoms with Gasteiger partial charge in [-0.25, -0.2) is 0 Å². The Hall–Kier alpha value is -2.62. The molecule has 0 radical (unpaired) electrons. The molecule has 4 nitrogen and oxygen atoms in total. The third kappa shape index (κ3) is 4.94. The molecule has 26 heavy (non-hydrogen) atoms. The van der Waals surface area contributed by atoms with Crippen LogP contribution in [-0.2, 0) is 9.59 Å².